The van der Waals surface area contributed by atoms with Gasteiger partial charge < -0.3 is 9.64 Å². The van der Waals surface area contributed by atoms with Crippen LogP contribution in [-0.4, -0.2) is 33.6 Å². The minimum atomic E-state index is 0.641. The number of nitrogens with zero attached hydrogens (tertiary/aromatic N) is 5. The van der Waals surface area contributed by atoms with E-state index in [4.69, 9.17) is 9.72 Å². The molecule has 1 aliphatic rings. The van der Waals surface area contributed by atoms with Crippen molar-refractivity contribution in [1.29, 1.82) is 0 Å². The van der Waals surface area contributed by atoms with Gasteiger partial charge in [-0.1, -0.05) is 30.3 Å². The number of fused-ring (bicyclic) bond motifs is 1. The third-order valence-corrected chi connectivity index (χ3v) is 5.28. The fourth-order valence-corrected chi connectivity index (χ4v) is 3.78. The number of hydrogen-bond donors (Lipinski definition) is 0. The van der Waals surface area contributed by atoms with Crippen molar-refractivity contribution in [3.05, 3.63) is 65.9 Å². The highest BCUT2D eigenvalue weighted by Gasteiger charge is 2.23. The number of methoxy groups -OCH3 is 1. The van der Waals surface area contributed by atoms with Crippen LogP contribution >= 0.6 is 11.8 Å². The van der Waals surface area contributed by atoms with Crippen LogP contribution in [-0.2, 0) is 18.7 Å². The molecule has 0 radical (unpaired) electrons. The van der Waals surface area contributed by atoms with Crippen molar-refractivity contribution in [1.82, 2.24) is 19.9 Å². The molecular weight excluding hydrogens is 346 g/mol. The van der Waals surface area contributed by atoms with E-state index in [0.29, 0.717) is 12.4 Å². The molecule has 0 spiro atoms. The zero-order chi connectivity index (χ0) is 17.8. The van der Waals surface area contributed by atoms with Crippen LogP contribution in [0, 0.1) is 0 Å². The van der Waals surface area contributed by atoms with E-state index >= 15 is 0 Å². The van der Waals surface area contributed by atoms with Crippen LogP contribution in [0.3, 0.4) is 0 Å². The van der Waals surface area contributed by atoms with Crippen molar-refractivity contribution in [2.75, 3.05) is 18.6 Å². The van der Waals surface area contributed by atoms with Gasteiger partial charge in [-0.3, -0.25) is 4.98 Å². The monoisotopic (exact) mass is 365 g/mol. The normalized spacial score (nSPS) is 13.3. The van der Waals surface area contributed by atoms with E-state index in [0.717, 1.165) is 40.8 Å². The van der Waals surface area contributed by atoms with Crippen molar-refractivity contribution in [2.24, 2.45) is 0 Å². The van der Waals surface area contributed by atoms with Crippen LogP contribution < -0.4 is 9.64 Å². The van der Waals surface area contributed by atoms with Crippen LogP contribution in [0.15, 0.2) is 54.1 Å². The Morgan fingerprint density at radius 1 is 1.15 bits per heavy atom. The number of benzene rings is 1. The smallest absolute Gasteiger partial charge is 0.221 e. The summed E-state index contributed by atoms with van der Waals surface area (Å²) in [5.41, 5.74) is 3.36. The largest absolute Gasteiger partial charge is 0.481 e. The van der Waals surface area contributed by atoms with Gasteiger partial charge in [0.15, 0.2) is 0 Å². The number of ether oxygens (including phenoxy) is 1. The van der Waals surface area contributed by atoms with Gasteiger partial charge in [0.25, 0.3) is 0 Å². The number of anilines is 1. The summed E-state index contributed by atoms with van der Waals surface area (Å²) in [6, 6.07) is 10.4. The fraction of sp³-hybridized carbons (Fsp3) is 0.263. The maximum Gasteiger partial charge on any atom is 0.221 e. The summed E-state index contributed by atoms with van der Waals surface area (Å²) in [5.74, 6) is 2.39. The average Bonchev–Trinajstić information content (AvgIpc) is 2.72. The first-order valence-electron chi connectivity index (χ1n) is 8.44. The summed E-state index contributed by atoms with van der Waals surface area (Å²) in [7, 11) is 1.64. The molecule has 3 heterocycles. The average molecular weight is 365 g/mol. The van der Waals surface area contributed by atoms with Crippen molar-refractivity contribution < 1.29 is 4.74 Å². The van der Waals surface area contributed by atoms with Gasteiger partial charge in [-0.15, -0.1) is 11.8 Å². The van der Waals surface area contributed by atoms with Gasteiger partial charge in [0.05, 0.1) is 37.3 Å². The summed E-state index contributed by atoms with van der Waals surface area (Å²) < 4.78 is 5.39. The second kappa shape index (κ2) is 7.70. The lowest BCUT2D eigenvalue weighted by molar-refractivity contribution is 0.387. The van der Waals surface area contributed by atoms with Gasteiger partial charge >= 0.3 is 0 Å². The molecule has 6 nitrogen and oxygen atoms in total. The van der Waals surface area contributed by atoms with E-state index in [-0.39, 0.29) is 0 Å². The second-order valence-electron chi connectivity index (χ2n) is 5.97. The highest BCUT2D eigenvalue weighted by atomic mass is 32.2. The molecule has 0 aliphatic carbocycles. The molecule has 0 saturated heterocycles. The predicted octanol–water partition coefficient (Wildman–Crippen LogP) is 3.13. The van der Waals surface area contributed by atoms with Crippen LogP contribution in [0.25, 0.3) is 0 Å². The number of hydrogen-bond acceptors (Lipinski definition) is 7. The molecule has 2 aromatic heterocycles. The minimum absolute atomic E-state index is 0.641. The second-order valence-corrected chi connectivity index (χ2v) is 6.97. The molecule has 26 heavy (non-hydrogen) atoms. The number of thioether (sulfide) groups is 1. The lowest BCUT2D eigenvalue weighted by Gasteiger charge is -2.29. The van der Waals surface area contributed by atoms with Crippen molar-refractivity contribution >= 4 is 17.6 Å². The first-order chi connectivity index (χ1) is 12.8. The van der Waals surface area contributed by atoms with Gasteiger partial charge in [-0.05, 0) is 5.56 Å². The lowest BCUT2D eigenvalue weighted by atomic mass is 10.1. The van der Waals surface area contributed by atoms with E-state index in [9.17, 15) is 0 Å². The standard InChI is InChI=1S/C19H19N5OS/c1-25-19-15-11-24(8-7-16(15)21-13-22-19)17-9-20-10-18(23-17)26-12-14-5-3-2-4-6-14/h2-6,9-10,13H,7-8,11-12H2,1H3. The van der Waals surface area contributed by atoms with Gasteiger partial charge in [0, 0.05) is 18.7 Å². The van der Waals surface area contributed by atoms with Crippen LogP contribution in [0.4, 0.5) is 5.82 Å². The summed E-state index contributed by atoms with van der Waals surface area (Å²) >= 11 is 1.70. The molecule has 7 heteroatoms. The molecular formula is C19H19N5OS. The van der Waals surface area contributed by atoms with Crippen molar-refractivity contribution in [3.63, 3.8) is 0 Å². The quantitative estimate of drug-likeness (QED) is 0.644. The highest BCUT2D eigenvalue weighted by Crippen LogP contribution is 2.28. The summed E-state index contributed by atoms with van der Waals surface area (Å²) in [5, 5.41) is 0.924. The summed E-state index contributed by atoms with van der Waals surface area (Å²) in [4.78, 5) is 20.0. The SMILES string of the molecule is COc1ncnc2c1CN(c1cncc(SCc3ccccc3)n1)CC2. The summed E-state index contributed by atoms with van der Waals surface area (Å²) in [6.07, 6.45) is 6.04. The Labute approximate surface area is 156 Å². The van der Waals surface area contributed by atoms with Crippen LogP contribution in [0.1, 0.15) is 16.8 Å². The molecule has 0 saturated carbocycles. The van der Waals surface area contributed by atoms with E-state index in [1.54, 1.807) is 25.2 Å². The Balaban J connectivity index is 1.50. The Bertz CT molecular complexity index is 876. The molecule has 1 aliphatic heterocycles. The Hall–Kier alpha value is -2.67. The van der Waals surface area contributed by atoms with E-state index in [2.05, 4.69) is 44.1 Å². The third-order valence-electron chi connectivity index (χ3n) is 4.31. The first kappa shape index (κ1) is 16.8. The number of rotatable bonds is 5. The highest BCUT2D eigenvalue weighted by molar-refractivity contribution is 7.98. The van der Waals surface area contributed by atoms with Crippen molar-refractivity contribution in [2.45, 2.75) is 23.7 Å². The predicted molar refractivity (Wildman–Crippen MR) is 101 cm³/mol. The maximum atomic E-state index is 5.39. The van der Waals surface area contributed by atoms with Gasteiger partial charge in [-0.25, -0.2) is 15.0 Å². The summed E-state index contributed by atoms with van der Waals surface area (Å²) in [6.45, 7) is 1.54. The Morgan fingerprint density at radius 3 is 2.88 bits per heavy atom. The van der Waals surface area contributed by atoms with E-state index in [1.165, 1.54) is 5.56 Å². The van der Waals surface area contributed by atoms with Crippen LogP contribution in [0.5, 0.6) is 5.88 Å². The fourth-order valence-electron chi connectivity index (χ4n) is 2.98. The molecule has 0 amide bonds. The molecule has 1 aromatic carbocycles. The Kier molecular flexibility index (Phi) is 4.97. The maximum absolute atomic E-state index is 5.39. The molecule has 0 N–H and O–H groups in total. The van der Waals surface area contributed by atoms with Gasteiger partial charge in [-0.2, -0.15) is 0 Å². The molecule has 0 atom stereocenters. The van der Waals surface area contributed by atoms with Gasteiger partial charge in [0.1, 0.15) is 17.2 Å². The zero-order valence-corrected chi connectivity index (χ0v) is 15.3. The lowest BCUT2D eigenvalue weighted by Crippen LogP contribution is -2.32. The van der Waals surface area contributed by atoms with Gasteiger partial charge in [0.2, 0.25) is 5.88 Å². The molecule has 0 unspecified atom stereocenters. The van der Waals surface area contributed by atoms with Crippen LogP contribution in [0.2, 0.25) is 0 Å². The molecule has 0 bridgehead atoms. The topological polar surface area (TPSA) is 64.0 Å². The molecule has 4 rings (SSSR count). The first-order valence-corrected chi connectivity index (χ1v) is 9.42. The number of aromatic nitrogens is 4. The zero-order valence-electron chi connectivity index (χ0n) is 14.5. The Morgan fingerprint density at radius 2 is 2.04 bits per heavy atom. The van der Waals surface area contributed by atoms with E-state index in [1.807, 2.05) is 18.5 Å². The molecule has 3 aromatic rings. The molecule has 0 fully saturated rings. The minimum Gasteiger partial charge on any atom is -0.481 e. The van der Waals surface area contributed by atoms with E-state index < -0.39 is 0 Å². The third kappa shape index (κ3) is 3.62. The van der Waals surface area contributed by atoms with Crippen molar-refractivity contribution in [3.8, 4) is 5.88 Å². The molecule has 132 valence electrons.